The molecule has 1 fully saturated rings. The van der Waals surface area contributed by atoms with E-state index >= 15 is 0 Å². The molecule has 0 aromatic rings. The van der Waals surface area contributed by atoms with Gasteiger partial charge in [0.15, 0.2) is 0 Å². The molecular formula is C10H20F2N2O. The summed E-state index contributed by atoms with van der Waals surface area (Å²) in [6.07, 6.45) is -1.34. The summed E-state index contributed by atoms with van der Waals surface area (Å²) in [7, 11) is 0. The first kappa shape index (κ1) is 12.8. The summed E-state index contributed by atoms with van der Waals surface area (Å²) in [6.45, 7) is 3.78. The Bertz CT molecular complexity index is 181. The fraction of sp³-hybridized carbons (Fsp3) is 1.00. The lowest BCUT2D eigenvalue weighted by atomic mass is 9.99. The normalized spacial score (nSPS) is 26.8. The van der Waals surface area contributed by atoms with Crippen LogP contribution in [0.15, 0.2) is 0 Å². The predicted molar refractivity (Wildman–Crippen MR) is 55.1 cm³/mol. The molecule has 0 saturated carbocycles. The molecule has 5 heteroatoms. The topological polar surface area (TPSA) is 35.5 Å². The first-order valence-corrected chi connectivity index (χ1v) is 5.52. The van der Waals surface area contributed by atoms with Gasteiger partial charge in [0, 0.05) is 19.1 Å². The second kappa shape index (κ2) is 6.35. The van der Waals surface area contributed by atoms with Crippen LogP contribution in [-0.2, 0) is 0 Å². The predicted octanol–water partition coefficient (Wildman–Crippen LogP) is 0.544. The number of nitrogens with zero attached hydrogens (tertiary/aromatic N) is 1. The smallest absolute Gasteiger partial charge is 0.251 e. The molecule has 1 saturated heterocycles. The molecule has 2 unspecified atom stereocenters. The van der Waals surface area contributed by atoms with E-state index in [1.54, 1.807) is 4.90 Å². The van der Waals surface area contributed by atoms with Crippen LogP contribution < -0.4 is 5.32 Å². The highest BCUT2D eigenvalue weighted by Crippen LogP contribution is 2.19. The van der Waals surface area contributed by atoms with Gasteiger partial charge in [0.1, 0.15) is 0 Å². The van der Waals surface area contributed by atoms with Gasteiger partial charge in [0.2, 0.25) is 0 Å². The summed E-state index contributed by atoms with van der Waals surface area (Å²) in [5.41, 5.74) is 0. The minimum absolute atomic E-state index is 0.0559. The summed E-state index contributed by atoms with van der Waals surface area (Å²) in [5.74, 6) is 0.426. The highest BCUT2D eigenvalue weighted by atomic mass is 19.3. The van der Waals surface area contributed by atoms with Crippen molar-refractivity contribution >= 4 is 0 Å². The maximum atomic E-state index is 12.3. The second-order valence-corrected chi connectivity index (χ2v) is 4.00. The Balaban J connectivity index is 2.53. The van der Waals surface area contributed by atoms with Crippen molar-refractivity contribution in [1.29, 1.82) is 0 Å². The lowest BCUT2D eigenvalue weighted by Gasteiger charge is -2.31. The molecule has 90 valence electrons. The molecule has 0 aliphatic carbocycles. The summed E-state index contributed by atoms with van der Waals surface area (Å²) in [4.78, 5) is 1.71. The van der Waals surface area contributed by atoms with E-state index in [2.05, 4.69) is 12.2 Å². The lowest BCUT2D eigenvalue weighted by molar-refractivity contribution is 0.0478. The number of hydrogen-bond donors (Lipinski definition) is 2. The van der Waals surface area contributed by atoms with E-state index in [1.165, 1.54) is 0 Å². The first-order chi connectivity index (χ1) is 7.19. The van der Waals surface area contributed by atoms with Crippen LogP contribution in [0.2, 0.25) is 0 Å². The van der Waals surface area contributed by atoms with Gasteiger partial charge in [0.05, 0.1) is 13.2 Å². The highest BCUT2D eigenvalue weighted by Gasteiger charge is 2.31. The number of hydrogen-bond acceptors (Lipinski definition) is 3. The monoisotopic (exact) mass is 222 g/mol. The molecule has 3 nitrogen and oxygen atoms in total. The number of aliphatic hydroxyl groups excluding tert-OH is 1. The van der Waals surface area contributed by atoms with Crippen LogP contribution in [0.4, 0.5) is 8.78 Å². The molecule has 1 aliphatic rings. The summed E-state index contributed by atoms with van der Waals surface area (Å²) >= 11 is 0. The Morgan fingerprint density at radius 3 is 2.73 bits per heavy atom. The molecule has 0 amide bonds. The van der Waals surface area contributed by atoms with E-state index in [0.717, 1.165) is 19.5 Å². The Labute approximate surface area is 89.5 Å². The average Bonchev–Trinajstić information content (AvgIpc) is 2.64. The van der Waals surface area contributed by atoms with Crippen molar-refractivity contribution in [2.24, 2.45) is 5.92 Å². The molecule has 1 rings (SSSR count). The van der Waals surface area contributed by atoms with Crippen molar-refractivity contribution in [3.05, 3.63) is 0 Å². The Kier molecular flexibility index (Phi) is 5.42. The van der Waals surface area contributed by atoms with Crippen molar-refractivity contribution in [1.82, 2.24) is 10.2 Å². The van der Waals surface area contributed by atoms with E-state index in [1.807, 2.05) is 0 Å². The van der Waals surface area contributed by atoms with Crippen LogP contribution in [0.1, 0.15) is 13.3 Å². The quantitative estimate of drug-likeness (QED) is 0.688. The zero-order chi connectivity index (χ0) is 11.3. The molecule has 0 aromatic heterocycles. The Morgan fingerprint density at radius 1 is 1.47 bits per heavy atom. The van der Waals surface area contributed by atoms with Gasteiger partial charge in [-0.25, -0.2) is 8.78 Å². The number of alkyl halides is 2. The van der Waals surface area contributed by atoms with Gasteiger partial charge in [-0.15, -0.1) is 0 Å². The lowest BCUT2D eigenvalue weighted by Crippen LogP contribution is -2.44. The first-order valence-electron chi connectivity index (χ1n) is 5.52. The van der Waals surface area contributed by atoms with Crippen LogP contribution in [0, 0.1) is 5.92 Å². The van der Waals surface area contributed by atoms with Crippen LogP contribution >= 0.6 is 0 Å². The van der Waals surface area contributed by atoms with Crippen molar-refractivity contribution in [2.45, 2.75) is 25.8 Å². The third kappa shape index (κ3) is 3.66. The van der Waals surface area contributed by atoms with Crippen LogP contribution in [0.3, 0.4) is 0 Å². The average molecular weight is 222 g/mol. The van der Waals surface area contributed by atoms with Gasteiger partial charge in [-0.2, -0.15) is 0 Å². The Morgan fingerprint density at radius 2 is 2.20 bits per heavy atom. The van der Waals surface area contributed by atoms with E-state index in [0.29, 0.717) is 12.5 Å². The molecule has 1 aliphatic heterocycles. The maximum absolute atomic E-state index is 12.3. The third-order valence-electron chi connectivity index (χ3n) is 3.06. The maximum Gasteiger partial charge on any atom is 0.251 e. The van der Waals surface area contributed by atoms with Gasteiger partial charge >= 0.3 is 0 Å². The molecule has 0 bridgehead atoms. The zero-order valence-electron chi connectivity index (χ0n) is 9.13. The number of nitrogens with one attached hydrogen (secondary N) is 1. The minimum atomic E-state index is -2.32. The van der Waals surface area contributed by atoms with Crippen molar-refractivity contribution < 1.29 is 13.9 Å². The molecule has 1 heterocycles. The molecule has 0 aromatic carbocycles. The van der Waals surface area contributed by atoms with Gasteiger partial charge in [-0.05, 0) is 12.5 Å². The fourth-order valence-corrected chi connectivity index (χ4v) is 2.26. The van der Waals surface area contributed by atoms with E-state index in [-0.39, 0.29) is 19.2 Å². The SMILES string of the molecule is CCC1CNCC1N(CCO)CC(F)F. The third-order valence-corrected chi connectivity index (χ3v) is 3.06. The summed E-state index contributed by atoms with van der Waals surface area (Å²) in [5, 5.41) is 12.1. The minimum Gasteiger partial charge on any atom is -0.395 e. The van der Waals surface area contributed by atoms with Crippen molar-refractivity contribution in [3.63, 3.8) is 0 Å². The molecular weight excluding hydrogens is 202 g/mol. The van der Waals surface area contributed by atoms with Gasteiger partial charge in [0.25, 0.3) is 6.43 Å². The molecule has 15 heavy (non-hydrogen) atoms. The Hall–Kier alpha value is -0.260. The van der Waals surface area contributed by atoms with E-state index in [9.17, 15) is 8.78 Å². The van der Waals surface area contributed by atoms with Gasteiger partial charge in [-0.3, -0.25) is 4.90 Å². The number of halogens is 2. The molecule has 0 spiro atoms. The molecule has 2 N–H and O–H groups in total. The van der Waals surface area contributed by atoms with Crippen LogP contribution in [-0.4, -0.2) is 55.3 Å². The van der Waals surface area contributed by atoms with Crippen molar-refractivity contribution in [3.8, 4) is 0 Å². The van der Waals surface area contributed by atoms with Crippen LogP contribution in [0.25, 0.3) is 0 Å². The highest BCUT2D eigenvalue weighted by molar-refractivity contribution is 4.88. The van der Waals surface area contributed by atoms with Crippen molar-refractivity contribution in [2.75, 3.05) is 32.8 Å². The zero-order valence-corrected chi connectivity index (χ0v) is 9.13. The summed E-state index contributed by atoms with van der Waals surface area (Å²) < 4.78 is 24.7. The summed E-state index contributed by atoms with van der Waals surface area (Å²) in [6, 6.07) is 0.149. The molecule has 2 atom stereocenters. The van der Waals surface area contributed by atoms with Crippen LogP contribution in [0.5, 0.6) is 0 Å². The molecule has 0 radical (unpaired) electrons. The van der Waals surface area contributed by atoms with Gasteiger partial charge in [-0.1, -0.05) is 13.3 Å². The van der Waals surface area contributed by atoms with Gasteiger partial charge < -0.3 is 10.4 Å². The standard InChI is InChI=1S/C10H20F2N2O/c1-2-8-5-13-6-9(8)14(3-4-15)7-10(11)12/h8-10,13,15H,2-7H2,1H3. The largest absolute Gasteiger partial charge is 0.395 e. The fourth-order valence-electron chi connectivity index (χ4n) is 2.26. The number of aliphatic hydroxyl groups is 1. The van der Waals surface area contributed by atoms with E-state index < -0.39 is 6.43 Å². The number of rotatable bonds is 6. The van der Waals surface area contributed by atoms with E-state index in [4.69, 9.17) is 5.11 Å². The second-order valence-electron chi connectivity index (χ2n) is 4.00.